The van der Waals surface area contributed by atoms with E-state index in [9.17, 15) is 9.90 Å². The number of carbonyl (C=O) groups is 1. The van der Waals surface area contributed by atoms with Crippen molar-refractivity contribution in [3.05, 3.63) is 16.1 Å². The third kappa shape index (κ3) is 5.70. The van der Waals surface area contributed by atoms with Crippen LogP contribution in [0.1, 0.15) is 50.2 Å². The van der Waals surface area contributed by atoms with E-state index in [-0.39, 0.29) is 5.91 Å². The van der Waals surface area contributed by atoms with Crippen LogP contribution in [0.25, 0.3) is 0 Å². The van der Waals surface area contributed by atoms with Gasteiger partial charge in [-0.1, -0.05) is 26.7 Å². The summed E-state index contributed by atoms with van der Waals surface area (Å²) in [5, 5.41) is 16.1. The summed E-state index contributed by atoms with van der Waals surface area (Å²) in [6.45, 7) is 6.34. The second-order valence-corrected chi connectivity index (χ2v) is 6.10. The maximum Gasteiger partial charge on any atom is 0.226 e. The van der Waals surface area contributed by atoms with E-state index in [1.165, 1.54) is 0 Å². The summed E-state index contributed by atoms with van der Waals surface area (Å²) in [6.07, 6.45) is 3.56. The highest BCUT2D eigenvalue weighted by atomic mass is 32.1. The number of hydrogen-bond acceptors (Lipinski definition) is 4. The van der Waals surface area contributed by atoms with Crippen LogP contribution >= 0.6 is 11.3 Å². The van der Waals surface area contributed by atoms with Gasteiger partial charge in [0.1, 0.15) is 0 Å². The fraction of sp³-hybridized carbons (Fsp3) is 0.714. The lowest BCUT2D eigenvalue weighted by Crippen LogP contribution is -2.43. The molecule has 1 amide bonds. The van der Waals surface area contributed by atoms with E-state index in [1.807, 2.05) is 26.2 Å². The zero-order valence-electron chi connectivity index (χ0n) is 12.0. The van der Waals surface area contributed by atoms with Gasteiger partial charge >= 0.3 is 0 Å². The first-order valence-corrected chi connectivity index (χ1v) is 7.77. The minimum Gasteiger partial charge on any atom is -0.388 e. The standard InChI is InChI=1S/C14H24N2O2S/c1-4-6-14(18,7-5-2)10-15-13(17)8-12-9-19-11(3)16-12/h9,18H,4-8,10H2,1-3H3,(H,15,17). The number of nitrogens with zero attached hydrogens (tertiary/aromatic N) is 1. The van der Waals surface area contributed by atoms with Crippen LogP contribution in [0.3, 0.4) is 0 Å². The first kappa shape index (κ1) is 16.1. The van der Waals surface area contributed by atoms with Crippen molar-refractivity contribution in [2.45, 2.75) is 58.5 Å². The second-order valence-electron chi connectivity index (χ2n) is 5.04. The van der Waals surface area contributed by atoms with Crippen LogP contribution in [0.2, 0.25) is 0 Å². The topological polar surface area (TPSA) is 62.2 Å². The summed E-state index contributed by atoms with van der Waals surface area (Å²) in [6, 6.07) is 0. The smallest absolute Gasteiger partial charge is 0.226 e. The summed E-state index contributed by atoms with van der Waals surface area (Å²) in [7, 11) is 0. The lowest BCUT2D eigenvalue weighted by atomic mass is 9.92. The highest BCUT2D eigenvalue weighted by molar-refractivity contribution is 7.09. The SMILES string of the molecule is CCCC(O)(CCC)CNC(=O)Cc1csc(C)n1. The third-order valence-electron chi connectivity index (χ3n) is 3.05. The molecule has 0 aliphatic carbocycles. The van der Waals surface area contributed by atoms with Crippen molar-refractivity contribution in [1.29, 1.82) is 0 Å². The highest BCUT2D eigenvalue weighted by Crippen LogP contribution is 2.18. The molecule has 1 aromatic heterocycles. The Kier molecular flexibility index (Phi) is 6.45. The molecule has 0 atom stereocenters. The molecule has 4 nitrogen and oxygen atoms in total. The Bertz CT molecular complexity index is 398. The van der Waals surface area contributed by atoms with Gasteiger partial charge in [0.25, 0.3) is 0 Å². The monoisotopic (exact) mass is 284 g/mol. The fourth-order valence-electron chi connectivity index (χ4n) is 2.21. The number of aromatic nitrogens is 1. The summed E-state index contributed by atoms with van der Waals surface area (Å²) in [5.74, 6) is -0.0732. The average molecular weight is 284 g/mol. The Morgan fingerprint density at radius 3 is 2.53 bits per heavy atom. The molecule has 5 heteroatoms. The van der Waals surface area contributed by atoms with Crippen LogP contribution in [0.15, 0.2) is 5.38 Å². The van der Waals surface area contributed by atoms with E-state index in [4.69, 9.17) is 0 Å². The van der Waals surface area contributed by atoms with Gasteiger partial charge in [0.05, 0.1) is 22.7 Å². The minimum absolute atomic E-state index is 0.0732. The number of nitrogens with one attached hydrogen (secondary N) is 1. The van der Waals surface area contributed by atoms with E-state index < -0.39 is 5.60 Å². The summed E-state index contributed by atoms with van der Waals surface area (Å²) < 4.78 is 0. The van der Waals surface area contributed by atoms with Gasteiger partial charge < -0.3 is 10.4 Å². The van der Waals surface area contributed by atoms with E-state index in [0.29, 0.717) is 13.0 Å². The van der Waals surface area contributed by atoms with Crippen LogP contribution in [0.5, 0.6) is 0 Å². The molecule has 0 aliphatic rings. The molecule has 0 aliphatic heterocycles. The van der Waals surface area contributed by atoms with E-state index >= 15 is 0 Å². The number of aryl methyl sites for hydroxylation is 1. The van der Waals surface area contributed by atoms with Crippen LogP contribution in [-0.2, 0) is 11.2 Å². The van der Waals surface area contributed by atoms with Crippen molar-refractivity contribution in [1.82, 2.24) is 10.3 Å². The Hall–Kier alpha value is -0.940. The van der Waals surface area contributed by atoms with E-state index in [1.54, 1.807) is 11.3 Å². The molecule has 0 bridgehead atoms. The van der Waals surface area contributed by atoms with E-state index in [0.717, 1.165) is 36.4 Å². The molecule has 0 radical (unpaired) electrons. The molecule has 0 saturated carbocycles. The van der Waals surface area contributed by atoms with Crippen molar-refractivity contribution in [3.8, 4) is 0 Å². The molecule has 1 aromatic rings. The maximum absolute atomic E-state index is 11.8. The number of carbonyl (C=O) groups excluding carboxylic acids is 1. The van der Waals surface area contributed by atoms with Crippen molar-refractivity contribution < 1.29 is 9.90 Å². The van der Waals surface area contributed by atoms with E-state index in [2.05, 4.69) is 10.3 Å². The Labute approximate surface area is 119 Å². The zero-order chi connectivity index (χ0) is 14.3. The molecule has 2 N–H and O–H groups in total. The normalized spacial score (nSPS) is 11.6. The first-order valence-electron chi connectivity index (χ1n) is 6.89. The molecule has 1 rings (SSSR count). The number of hydrogen-bond donors (Lipinski definition) is 2. The Morgan fingerprint density at radius 2 is 2.05 bits per heavy atom. The van der Waals surface area contributed by atoms with Gasteiger partial charge in [0, 0.05) is 11.9 Å². The molecule has 0 saturated heterocycles. The van der Waals surface area contributed by atoms with Crippen LogP contribution in [0.4, 0.5) is 0 Å². The summed E-state index contributed by atoms with van der Waals surface area (Å²) in [5.41, 5.74) is 0.0338. The zero-order valence-corrected chi connectivity index (χ0v) is 12.8. The van der Waals surface area contributed by atoms with Gasteiger partial charge in [0.2, 0.25) is 5.91 Å². The average Bonchev–Trinajstić information content (AvgIpc) is 2.73. The molecule has 108 valence electrons. The summed E-state index contributed by atoms with van der Waals surface area (Å²) in [4.78, 5) is 16.1. The predicted octanol–water partition coefficient (Wildman–Crippen LogP) is 2.44. The van der Waals surface area contributed by atoms with Gasteiger partial charge in [-0.3, -0.25) is 4.79 Å². The fourth-order valence-corrected chi connectivity index (χ4v) is 2.82. The van der Waals surface area contributed by atoms with Crippen molar-refractivity contribution >= 4 is 17.2 Å². The number of thiazole rings is 1. The van der Waals surface area contributed by atoms with Crippen LogP contribution in [0, 0.1) is 6.92 Å². The van der Waals surface area contributed by atoms with Gasteiger partial charge in [-0.25, -0.2) is 4.98 Å². The molecular formula is C14H24N2O2S. The van der Waals surface area contributed by atoms with Crippen molar-refractivity contribution in [2.75, 3.05) is 6.54 Å². The molecule has 0 unspecified atom stereocenters. The Balaban J connectivity index is 2.43. The van der Waals surface area contributed by atoms with Crippen LogP contribution < -0.4 is 5.32 Å². The largest absolute Gasteiger partial charge is 0.388 e. The van der Waals surface area contributed by atoms with Crippen molar-refractivity contribution in [2.24, 2.45) is 0 Å². The molecule has 0 spiro atoms. The Morgan fingerprint density at radius 1 is 1.42 bits per heavy atom. The highest BCUT2D eigenvalue weighted by Gasteiger charge is 2.25. The van der Waals surface area contributed by atoms with Crippen LogP contribution in [-0.4, -0.2) is 28.1 Å². The maximum atomic E-state index is 11.8. The molecular weight excluding hydrogens is 260 g/mol. The number of amides is 1. The van der Waals surface area contributed by atoms with Gasteiger partial charge in [-0.05, 0) is 19.8 Å². The minimum atomic E-state index is -0.767. The molecule has 0 aromatic carbocycles. The quantitative estimate of drug-likeness (QED) is 0.770. The molecule has 1 heterocycles. The van der Waals surface area contributed by atoms with Gasteiger partial charge in [-0.15, -0.1) is 11.3 Å². The second kappa shape index (κ2) is 7.60. The lowest BCUT2D eigenvalue weighted by Gasteiger charge is -2.27. The molecule has 0 fully saturated rings. The predicted molar refractivity (Wildman–Crippen MR) is 78.3 cm³/mol. The first-order chi connectivity index (χ1) is 8.99. The number of aliphatic hydroxyl groups is 1. The van der Waals surface area contributed by atoms with Gasteiger partial charge in [0.15, 0.2) is 0 Å². The lowest BCUT2D eigenvalue weighted by molar-refractivity contribution is -0.122. The summed E-state index contributed by atoms with van der Waals surface area (Å²) >= 11 is 1.55. The number of rotatable bonds is 8. The van der Waals surface area contributed by atoms with Crippen molar-refractivity contribution in [3.63, 3.8) is 0 Å². The van der Waals surface area contributed by atoms with Gasteiger partial charge in [-0.2, -0.15) is 0 Å². The third-order valence-corrected chi connectivity index (χ3v) is 3.88. The molecule has 19 heavy (non-hydrogen) atoms.